The van der Waals surface area contributed by atoms with E-state index in [1.807, 2.05) is 7.05 Å². The highest BCUT2D eigenvalue weighted by Gasteiger charge is 2.17. The molecule has 2 N–H and O–H groups in total. The standard InChI is InChI=1S/C11H17BrN4O2/c1-7(4-13-3)5-14-11-10(12)8(2)9(6-15-11)16(17)18/h6-7,13H,4-5H2,1-3H3,(H,14,15). The summed E-state index contributed by atoms with van der Waals surface area (Å²) in [6.07, 6.45) is 1.28. The van der Waals surface area contributed by atoms with Gasteiger partial charge in [0.15, 0.2) is 0 Å². The number of nitro groups is 1. The number of nitrogens with zero attached hydrogens (tertiary/aromatic N) is 2. The summed E-state index contributed by atoms with van der Waals surface area (Å²) in [6.45, 7) is 5.46. The van der Waals surface area contributed by atoms with Crippen LogP contribution >= 0.6 is 15.9 Å². The first-order chi connectivity index (χ1) is 8.47. The molecule has 0 aromatic carbocycles. The molecule has 0 bridgehead atoms. The van der Waals surface area contributed by atoms with E-state index >= 15 is 0 Å². The molecule has 1 aromatic rings. The number of anilines is 1. The fourth-order valence-electron chi connectivity index (χ4n) is 1.57. The molecule has 0 amide bonds. The molecule has 0 aliphatic rings. The van der Waals surface area contributed by atoms with Crippen LogP contribution in [-0.2, 0) is 0 Å². The smallest absolute Gasteiger partial charge is 0.291 e. The van der Waals surface area contributed by atoms with Crippen molar-refractivity contribution in [1.29, 1.82) is 0 Å². The molecule has 0 fully saturated rings. The van der Waals surface area contributed by atoms with Crippen molar-refractivity contribution in [2.75, 3.05) is 25.5 Å². The Morgan fingerprint density at radius 1 is 1.56 bits per heavy atom. The third-order valence-electron chi connectivity index (χ3n) is 2.60. The summed E-state index contributed by atoms with van der Waals surface area (Å²) in [6, 6.07) is 0. The highest BCUT2D eigenvalue weighted by Crippen LogP contribution is 2.30. The predicted octanol–water partition coefficient (Wildman–Crippen LogP) is 2.33. The minimum absolute atomic E-state index is 0.0238. The van der Waals surface area contributed by atoms with E-state index in [-0.39, 0.29) is 5.69 Å². The summed E-state index contributed by atoms with van der Waals surface area (Å²) in [7, 11) is 1.90. The Hall–Kier alpha value is -1.21. The third-order valence-corrected chi connectivity index (χ3v) is 3.57. The minimum atomic E-state index is -0.430. The largest absolute Gasteiger partial charge is 0.369 e. The van der Waals surface area contributed by atoms with Gasteiger partial charge in [-0.2, -0.15) is 0 Å². The van der Waals surface area contributed by atoms with Crippen LogP contribution in [0.3, 0.4) is 0 Å². The van der Waals surface area contributed by atoms with Crippen molar-refractivity contribution in [1.82, 2.24) is 10.3 Å². The average Bonchev–Trinajstić information content (AvgIpc) is 2.31. The Labute approximate surface area is 114 Å². The van der Waals surface area contributed by atoms with Crippen molar-refractivity contribution in [3.63, 3.8) is 0 Å². The molecule has 18 heavy (non-hydrogen) atoms. The van der Waals surface area contributed by atoms with Crippen LogP contribution in [0.5, 0.6) is 0 Å². The molecule has 1 heterocycles. The van der Waals surface area contributed by atoms with Gasteiger partial charge in [0, 0.05) is 12.1 Å². The van der Waals surface area contributed by atoms with E-state index in [9.17, 15) is 10.1 Å². The van der Waals surface area contributed by atoms with Gasteiger partial charge in [0.2, 0.25) is 0 Å². The van der Waals surface area contributed by atoms with E-state index in [2.05, 4.69) is 38.5 Å². The zero-order valence-electron chi connectivity index (χ0n) is 10.7. The highest BCUT2D eigenvalue weighted by molar-refractivity contribution is 9.10. The van der Waals surface area contributed by atoms with Crippen LogP contribution < -0.4 is 10.6 Å². The summed E-state index contributed by atoms with van der Waals surface area (Å²) < 4.78 is 0.647. The van der Waals surface area contributed by atoms with Crippen LogP contribution in [0.2, 0.25) is 0 Å². The van der Waals surface area contributed by atoms with E-state index in [0.717, 1.165) is 13.1 Å². The van der Waals surface area contributed by atoms with Gasteiger partial charge in [-0.15, -0.1) is 0 Å². The number of aromatic nitrogens is 1. The maximum atomic E-state index is 10.8. The maximum Gasteiger partial charge on any atom is 0.291 e. The van der Waals surface area contributed by atoms with Crippen molar-refractivity contribution in [3.8, 4) is 0 Å². The zero-order chi connectivity index (χ0) is 13.7. The molecular formula is C11H17BrN4O2. The summed E-state index contributed by atoms with van der Waals surface area (Å²) in [5, 5.41) is 17.0. The van der Waals surface area contributed by atoms with Gasteiger partial charge in [-0.25, -0.2) is 4.98 Å². The van der Waals surface area contributed by atoms with Gasteiger partial charge < -0.3 is 10.6 Å². The van der Waals surface area contributed by atoms with E-state index in [1.54, 1.807) is 6.92 Å². The van der Waals surface area contributed by atoms with Crippen molar-refractivity contribution >= 4 is 27.4 Å². The van der Waals surface area contributed by atoms with Crippen LogP contribution in [0.4, 0.5) is 11.5 Å². The normalized spacial score (nSPS) is 12.2. The van der Waals surface area contributed by atoms with Crippen LogP contribution in [0.15, 0.2) is 10.7 Å². The van der Waals surface area contributed by atoms with Crippen molar-refractivity contribution in [2.24, 2.45) is 5.92 Å². The van der Waals surface area contributed by atoms with Crippen LogP contribution in [0.25, 0.3) is 0 Å². The van der Waals surface area contributed by atoms with Gasteiger partial charge in [-0.05, 0) is 42.4 Å². The lowest BCUT2D eigenvalue weighted by Crippen LogP contribution is -2.23. The average molecular weight is 317 g/mol. The van der Waals surface area contributed by atoms with Gasteiger partial charge in [-0.3, -0.25) is 10.1 Å². The minimum Gasteiger partial charge on any atom is -0.369 e. The van der Waals surface area contributed by atoms with Gasteiger partial charge in [0.05, 0.1) is 9.40 Å². The van der Waals surface area contributed by atoms with Crippen LogP contribution in [0, 0.1) is 23.0 Å². The predicted molar refractivity (Wildman–Crippen MR) is 74.9 cm³/mol. The van der Waals surface area contributed by atoms with E-state index in [4.69, 9.17) is 0 Å². The molecule has 0 radical (unpaired) electrons. The Bertz CT molecular complexity index is 439. The first kappa shape index (κ1) is 14.8. The lowest BCUT2D eigenvalue weighted by atomic mass is 10.2. The van der Waals surface area contributed by atoms with Crippen molar-refractivity contribution in [3.05, 3.63) is 26.3 Å². The van der Waals surface area contributed by atoms with Gasteiger partial charge in [0.1, 0.15) is 12.0 Å². The molecule has 0 saturated heterocycles. The number of nitrogens with one attached hydrogen (secondary N) is 2. The lowest BCUT2D eigenvalue weighted by Gasteiger charge is -2.14. The van der Waals surface area contributed by atoms with Crippen LogP contribution in [0.1, 0.15) is 12.5 Å². The van der Waals surface area contributed by atoms with Crippen LogP contribution in [-0.4, -0.2) is 30.0 Å². The number of pyridine rings is 1. The number of rotatable bonds is 6. The second-order valence-corrected chi connectivity index (χ2v) is 5.02. The third kappa shape index (κ3) is 3.64. The molecule has 6 nitrogen and oxygen atoms in total. The molecule has 0 saturated carbocycles. The maximum absolute atomic E-state index is 10.8. The topological polar surface area (TPSA) is 80.1 Å². The Morgan fingerprint density at radius 2 is 2.22 bits per heavy atom. The Balaban J connectivity index is 2.79. The Kier molecular flexibility index (Phi) is 5.49. The molecule has 100 valence electrons. The molecule has 1 aromatic heterocycles. The fraction of sp³-hybridized carbons (Fsp3) is 0.545. The number of halogens is 1. The number of hydrogen-bond acceptors (Lipinski definition) is 5. The molecule has 0 spiro atoms. The van der Waals surface area contributed by atoms with Gasteiger partial charge in [-0.1, -0.05) is 6.92 Å². The summed E-state index contributed by atoms with van der Waals surface area (Å²) >= 11 is 3.34. The summed E-state index contributed by atoms with van der Waals surface area (Å²) in [5.41, 5.74) is 0.606. The summed E-state index contributed by atoms with van der Waals surface area (Å²) in [5.74, 6) is 1.08. The second kappa shape index (κ2) is 6.65. The highest BCUT2D eigenvalue weighted by atomic mass is 79.9. The Morgan fingerprint density at radius 3 is 2.78 bits per heavy atom. The van der Waals surface area contributed by atoms with Gasteiger partial charge >= 0.3 is 0 Å². The molecule has 7 heteroatoms. The molecule has 1 atom stereocenters. The van der Waals surface area contributed by atoms with E-state index in [0.29, 0.717) is 21.8 Å². The van der Waals surface area contributed by atoms with E-state index < -0.39 is 4.92 Å². The molecule has 1 unspecified atom stereocenters. The SMILES string of the molecule is CNCC(C)CNc1ncc([N+](=O)[O-])c(C)c1Br. The van der Waals surface area contributed by atoms with Crippen molar-refractivity contribution in [2.45, 2.75) is 13.8 Å². The molecule has 1 rings (SSSR count). The molecular weight excluding hydrogens is 300 g/mol. The van der Waals surface area contributed by atoms with E-state index in [1.165, 1.54) is 6.20 Å². The lowest BCUT2D eigenvalue weighted by molar-refractivity contribution is -0.385. The fourth-order valence-corrected chi connectivity index (χ4v) is 2.01. The first-order valence-electron chi connectivity index (χ1n) is 5.65. The first-order valence-corrected chi connectivity index (χ1v) is 6.44. The van der Waals surface area contributed by atoms with Crippen molar-refractivity contribution < 1.29 is 4.92 Å². The molecule has 0 aliphatic heterocycles. The van der Waals surface area contributed by atoms with Gasteiger partial charge in [0.25, 0.3) is 5.69 Å². The molecule has 0 aliphatic carbocycles. The quantitative estimate of drug-likeness (QED) is 0.622. The zero-order valence-corrected chi connectivity index (χ0v) is 12.2. The monoisotopic (exact) mass is 316 g/mol. The second-order valence-electron chi connectivity index (χ2n) is 4.23. The number of hydrogen-bond donors (Lipinski definition) is 2. The summed E-state index contributed by atoms with van der Waals surface area (Å²) in [4.78, 5) is 14.4.